The Morgan fingerprint density at radius 2 is 2.04 bits per heavy atom. The Balaban J connectivity index is 1.37. The molecule has 2 saturated heterocycles. The van der Waals surface area contributed by atoms with Gasteiger partial charge in [0.05, 0.1) is 13.2 Å². The van der Waals surface area contributed by atoms with Crippen LogP contribution in [0, 0.1) is 5.82 Å². The van der Waals surface area contributed by atoms with E-state index in [-0.39, 0.29) is 23.8 Å². The fourth-order valence-electron chi connectivity index (χ4n) is 3.34. The predicted molar refractivity (Wildman–Crippen MR) is 90.1 cm³/mol. The number of nitrogens with one attached hydrogen (secondary N) is 2. The van der Waals surface area contributed by atoms with E-state index < -0.39 is 0 Å². The maximum atomic E-state index is 12.9. The maximum Gasteiger partial charge on any atom is 0.221 e. The summed E-state index contributed by atoms with van der Waals surface area (Å²) in [4.78, 5) is 14.5. The van der Waals surface area contributed by atoms with Gasteiger partial charge in [-0.2, -0.15) is 0 Å². The molecule has 6 heteroatoms. The second-order valence-corrected chi connectivity index (χ2v) is 6.67. The first-order valence-electron chi connectivity index (χ1n) is 8.76. The SMILES string of the molecule is O=C(CC1COCCN1)NC1CCN(Cc2ccc(F)cc2)CC1. The van der Waals surface area contributed by atoms with Crippen LogP contribution >= 0.6 is 0 Å². The lowest BCUT2D eigenvalue weighted by molar-refractivity contribution is -0.123. The van der Waals surface area contributed by atoms with E-state index >= 15 is 0 Å². The minimum absolute atomic E-state index is 0.106. The summed E-state index contributed by atoms with van der Waals surface area (Å²) in [6, 6.07) is 7.07. The first-order chi connectivity index (χ1) is 11.7. The summed E-state index contributed by atoms with van der Waals surface area (Å²) in [6.45, 7) is 4.90. The van der Waals surface area contributed by atoms with Crippen LogP contribution in [0.1, 0.15) is 24.8 Å². The Hall–Kier alpha value is -1.50. The normalized spacial score (nSPS) is 23.1. The summed E-state index contributed by atoms with van der Waals surface area (Å²) in [5.41, 5.74) is 1.13. The number of morpholine rings is 1. The Morgan fingerprint density at radius 1 is 1.29 bits per heavy atom. The van der Waals surface area contributed by atoms with E-state index in [1.54, 1.807) is 0 Å². The fraction of sp³-hybridized carbons (Fsp3) is 0.611. The van der Waals surface area contributed by atoms with E-state index in [4.69, 9.17) is 4.74 Å². The molecule has 2 aliphatic heterocycles. The van der Waals surface area contributed by atoms with Crippen LogP contribution in [0.3, 0.4) is 0 Å². The molecule has 24 heavy (non-hydrogen) atoms. The molecule has 1 atom stereocenters. The Kier molecular flexibility index (Phi) is 6.18. The Bertz CT molecular complexity index is 524. The fourth-order valence-corrected chi connectivity index (χ4v) is 3.34. The van der Waals surface area contributed by atoms with Gasteiger partial charge in [-0.15, -0.1) is 0 Å². The van der Waals surface area contributed by atoms with Crippen LogP contribution in [0.15, 0.2) is 24.3 Å². The molecular formula is C18H26FN3O2. The maximum absolute atomic E-state index is 12.9. The first kappa shape index (κ1) is 17.3. The third-order valence-electron chi connectivity index (χ3n) is 4.70. The molecule has 2 fully saturated rings. The molecule has 0 spiro atoms. The van der Waals surface area contributed by atoms with Crippen LogP contribution in [0.25, 0.3) is 0 Å². The molecule has 1 aromatic rings. The summed E-state index contributed by atoms with van der Waals surface area (Å²) in [7, 11) is 0. The Labute approximate surface area is 142 Å². The van der Waals surface area contributed by atoms with Crippen molar-refractivity contribution in [2.75, 3.05) is 32.8 Å². The number of amides is 1. The van der Waals surface area contributed by atoms with Gasteiger partial charge in [0.25, 0.3) is 0 Å². The number of carbonyl (C=O) groups excluding carboxylic acids is 1. The van der Waals surface area contributed by atoms with Gasteiger partial charge in [-0.25, -0.2) is 4.39 Å². The zero-order chi connectivity index (χ0) is 16.8. The minimum atomic E-state index is -0.196. The van der Waals surface area contributed by atoms with Gasteiger partial charge in [0, 0.05) is 44.7 Å². The van der Waals surface area contributed by atoms with Crippen molar-refractivity contribution in [2.45, 2.75) is 37.9 Å². The van der Waals surface area contributed by atoms with Gasteiger partial charge in [0.15, 0.2) is 0 Å². The zero-order valence-electron chi connectivity index (χ0n) is 14.0. The van der Waals surface area contributed by atoms with Crippen LogP contribution in [-0.4, -0.2) is 55.7 Å². The average molecular weight is 335 g/mol. The molecule has 132 valence electrons. The highest BCUT2D eigenvalue weighted by atomic mass is 19.1. The lowest BCUT2D eigenvalue weighted by atomic mass is 10.0. The third kappa shape index (κ3) is 5.26. The van der Waals surface area contributed by atoms with Gasteiger partial charge < -0.3 is 15.4 Å². The van der Waals surface area contributed by atoms with E-state index in [2.05, 4.69) is 15.5 Å². The molecule has 1 unspecified atom stereocenters. The Morgan fingerprint density at radius 3 is 2.71 bits per heavy atom. The van der Waals surface area contributed by atoms with Crippen molar-refractivity contribution >= 4 is 5.91 Å². The van der Waals surface area contributed by atoms with E-state index in [1.165, 1.54) is 12.1 Å². The van der Waals surface area contributed by atoms with Crippen molar-refractivity contribution in [2.24, 2.45) is 0 Å². The highest BCUT2D eigenvalue weighted by Gasteiger charge is 2.23. The third-order valence-corrected chi connectivity index (χ3v) is 4.70. The number of rotatable bonds is 5. The highest BCUT2D eigenvalue weighted by molar-refractivity contribution is 5.76. The van der Waals surface area contributed by atoms with Crippen molar-refractivity contribution in [1.29, 1.82) is 0 Å². The summed E-state index contributed by atoms with van der Waals surface area (Å²) in [5, 5.41) is 6.45. The van der Waals surface area contributed by atoms with E-state index in [0.717, 1.165) is 51.2 Å². The molecule has 2 aliphatic rings. The summed E-state index contributed by atoms with van der Waals surface area (Å²) < 4.78 is 18.3. The van der Waals surface area contributed by atoms with Crippen LogP contribution < -0.4 is 10.6 Å². The number of piperidine rings is 1. The largest absolute Gasteiger partial charge is 0.378 e. The zero-order valence-corrected chi connectivity index (χ0v) is 14.0. The number of carbonyl (C=O) groups is 1. The average Bonchev–Trinajstić information content (AvgIpc) is 2.59. The van der Waals surface area contributed by atoms with Crippen molar-refractivity contribution in [3.05, 3.63) is 35.6 Å². The summed E-state index contributed by atoms with van der Waals surface area (Å²) in [5.74, 6) is -0.0898. The lowest BCUT2D eigenvalue weighted by Crippen LogP contribution is -2.48. The number of halogens is 1. The number of benzene rings is 1. The van der Waals surface area contributed by atoms with Crippen molar-refractivity contribution < 1.29 is 13.9 Å². The van der Waals surface area contributed by atoms with Crippen molar-refractivity contribution in [3.8, 4) is 0 Å². The predicted octanol–water partition coefficient (Wildman–Crippen LogP) is 1.28. The topological polar surface area (TPSA) is 53.6 Å². The number of ether oxygens (including phenoxy) is 1. The molecule has 3 rings (SSSR count). The first-order valence-corrected chi connectivity index (χ1v) is 8.76. The number of nitrogens with zero attached hydrogens (tertiary/aromatic N) is 1. The standard InChI is InChI=1S/C18H26FN3O2/c19-15-3-1-14(2-4-15)12-22-8-5-16(6-9-22)21-18(23)11-17-13-24-10-7-20-17/h1-4,16-17,20H,5-13H2,(H,21,23). The van der Waals surface area contributed by atoms with Gasteiger partial charge in [-0.1, -0.05) is 12.1 Å². The number of hydrogen-bond acceptors (Lipinski definition) is 4. The monoisotopic (exact) mass is 335 g/mol. The quantitative estimate of drug-likeness (QED) is 0.851. The van der Waals surface area contributed by atoms with Crippen molar-refractivity contribution in [3.63, 3.8) is 0 Å². The molecule has 0 saturated carbocycles. The molecule has 0 bridgehead atoms. The highest BCUT2D eigenvalue weighted by Crippen LogP contribution is 2.14. The minimum Gasteiger partial charge on any atom is -0.378 e. The van der Waals surface area contributed by atoms with Crippen molar-refractivity contribution in [1.82, 2.24) is 15.5 Å². The van der Waals surface area contributed by atoms with Gasteiger partial charge >= 0.3 is 0 Å². The molecule has 2 N–H and O–H groups in total. The van der Waals surface area contributed by atoms with Crippen LogP contribution in [0.2, 0.25) is 0 Å². The molecular weight excluding hydrogens is 309 g/mol. The lowest BCUT2D eigenvalue weighted by Gasteiger charge is -2.33. The molecule has 5 nitrogen and oxygen atoms in total. The van der Waals surface area contributed by atoms with E-state index in [9.17, 15) is 9.18 Å². The molecule has 0 aromatic heterocycles. The van der Waals surface area contributed by atoms with Gasteiger partial charge in [-0.05, 0) is 30.5 Å². The number of likely N-dealkylation sites (tertiary alicyclic amines) is 1. The molecule has 1 aromatic carbocycles. The molecule has 0 aliphatic carbocycles. The van der Waals surface area contributed by atoms with E-state index in [1.807, 2.05) is 12.1 Å². The molecule has 2 heterocycles. The van der Waals surface area contributed by atoms with Gasteiger partial charge in [0.2, 0.25) is 5.91 Å². The van der Waals surface area contributed by atoms with E-state index in [0.29, 0.717) is 13.0 Å². The summed E-state index contributed by atoms with van der Waals surface area (Å²) in [6.07, 6.45) is 2.40. The summed E-state index contributed by atoms with van der Waals surface area (Å²) >= 11 is 0. The van der Waals surface area contributed by atoms with Crippen LogP contribution in [0.4, 0.5) is 4.39 Å². The van der Waals surface area contributed by atoms with Crippen LogP contribution in [-0.2, 0) is 16.1 Å². The molecule has 1 amide bonds. The second kappa shape index (κ2) is 8.55. The number of hydrogen-bond donors (Lipinski definition) is 2. The molecule has 0 radical (unpaired) electrons. The van der Waals surface area contributed by atoms with Gasteiger partial charge in [-0.3, -0.25) is 9.69 Å². The van der Waals surface area contributed by atoms with Crippen LogP contribution in [0.5, 0.6) is 0 Å². The second-order valence-electron chi connectivity index (χ2n) is 6.67. The van der Waals surface area contributed by atoms with Gasteiger partial charge in [0.1, 0.15) is 5.82 Å². The smallest absolute Gasteiger partial charge is 0.221 e.